The first kappa shape index (κ1) is 16.6. The third-order valence-electron chi connectivity index (χ3n) is 7.75. The Balaban J connectivity index is 1.44. The molecule has 2 aromatic heterocycles. The Labute approximate surface area is 164 Å². The fraction of sp³-hybridized carbons (Fsp3) is 0.565. The van der Waals surface area contributed by atoms with Crippen LogP contribution < -0.4 is 0 Å². The van der Waals surface area contributed by atoms with Gasteiger partial charge in [0.15, 0.2) is 0 Å². The van der Waals surface area contributed by atoms with Crippen LogP contribution in [0.25, 0.3) is 16.7 Å². The number of carbonyl (C=O) groups excluding carboxylic acids is 1. The Kier molecular flexibility index (Phi) is 3.48. The summed E-state index contributed by atoms with van der Waals surface area (Å²) < 4.78 is 10.5. The van der Waals surface area contributed by atoms with Crippen LogP contribution in [-0.4, -0.2) is 26.0 Å². The van der Waals surface area contributed by atoms with Gasteiger partial charge in [0.25, 0.3) is 0 Å². The zero-order valence-electron chi connectivity index (χ0n) is 16.4. The van der Waals surface area contributed by atoms with Crippen molar-refractivity contribution >= 4 is 22.6 Å². The zero-order chi connectivity index (χ0) is 18.9. The monoisotopic (exact) mass is 377 g/mol. The van der Waals surface area contributed by atoms with Crippen molar-refractivity contribution in [2.45, 2.75) is 58.1 Å². The van der Waals surface area contributed by atoms with Crippen LogP contribution in [0.1, 0.15) is 45.4 Å². The average molecular weight is 377 g/mol. The van der Waals surface area contributed by atoms with E-state index in [0.717, 1.165) is 28.9 Å². The van der Waals surface area contributed by atoms with E-state index in [1.54, 1.807) is 6.92 Å². The standard InChI is InChI=1S/C23H27N3O2/c1-15(27)28-21(23-9-16-6-17(10-23)8-18(7-16)11-23)13-25-19-4-2-3-5-20(19)26-14-24-12-22(25)26/h2-5,12,14,16-18,21H,6-11,13H2,1H3. The summed E-state index contributed by atoms with van der Waals surface area (Å²) >= 11 is 0. The number of hydrogen-bond donors (Lipinski definition) is 0. The highest BCUT2D eigenvalue weighted by Gasteiger charge is 2.55. The largest absolute Gasteiger partial charge is 0.460 e. The molecule has 1 aromatic carbocycles. The van der Waals surface area contributed by atoms with Gasteiger partial charge in [-0.1, -0.05) is 12.1 Å². The van der Waals surface area contributed by atoms with Crippen molar-refractivity contribution in [3.05, 3.63) is 36.8 Å². The molecular formula is C23H27N3O2. The Morgan fingerprint density at radius 3 is 2.43 bits per heavy atom. The van der Waals surface area contributed by atoms with Crippen molar-refractivity contribution in [3.63, 3.8) is 0 Å². The van der Waals surface area contributed by atoms with Gasteiger partial charge < -0.3 is 9.30 Å². The lowest BCUT2D eigenvalue weighted by atomic mass is 9.48. The molecule has 0 saturated heterocycles. The lowest BCUT2D eigenvalue weighted by molar-refractivity contribution is -0.172. The van der Waals surface area contributed by atoms with Crippen LogP contribution in [0.4, 0.5) is 0 Å². The maximum absolute atomic E-state index is 12.1. The normalized spacial score (nSPS) is 32.2. The quantitative estimate of drug-likeness (QED) is 0.632. The van der Waals surface area contributed by atoms with E-state index >= 15 is 0 Å². The van der Waals surface area contributed by atoms with Crippen molar-refractivity contribution < 1.29 is 9.53 Å². The van der Waals surface area contributed by atoms with E-state index in [2.05, 4.69) is 38.2 Å². The molecule has 3 aromatic rings. The Hall–Kier alpha value is -2.30. The number of benzene rings is 1. The van der Waals surface area contributed by atoms with Gasteiger partial charge in [-0.25, -0.2) is 4.98 Å². The van der Waals surface area contributed by atoms with Gasteiger partial charge >= 0.3 is 5.97 Å². The van der Waals surface area contributed by atoms with Crippen LogP contribution in [0, 0.1) is 23.2 Å². The van der Waals surface area contributed by atoms with Crippen molar-refractivity contribution in [3.8, 4) is 0 Å². The first-order valence-corrected chi connectivity index (χ1v) is 10.7. The second-order valence-electron chi connectivity index (χ2n) is 9.60. The Morgan fingerprint density at radius 1 is 1.14 bits per heavy atom. The van der Waals surface area contributed by atoms with E-state index in [0.29, 0.717) is 6.54 Å². The summed E-state index contributed by atoms with van der Waals surface area (Å²) in [6.45, 7) is 2.28. The number of ether oxygens (including phenoxy) is 1. The highest BCUT2D eigenvalue weighted by atomic mass is 16.5. The number of carbonyl (C=O) groups is 1. The van der Waals surface area contributed by atoms with Gasteiger partial charge in [-0.3, -0.25) is 9.20 Å². The lowest BCUT2D eigenvalue weighted by Crippen LogP contribution is -2.53. The van der Waals surface area contributed by atoms with Crippen molar-refractivity contribution in [2.75, 3.05) is 0 Å². The predicted molar refractivity (Wildman–Crippen MR) is 107 cm³/mol. The summed E-state index contributed by atoms with van der Waals surface area (Å²) in [7, 11) is 0. The number of imidazole rings is 2. The number of para-hydroxylation sites is 2. The van der Waals surface area contributed by atoms with E-state index in [4.69, 9.17) is 4.74 Å². The molecule has 146 valence electrons. The summed E-state index contributed by atoms with van der Waals surface area (Å²) in [6.07, 6.45) is 11.6. The first-order valence-electron chi connectivity index (χ1n) is 10.7. The highest BCUT2D eigenvalue weighted by Crippen LogP contribution is 2.62. The molecule has 4 aliphatic rings. The molecule has 28 heavy (non-hydrogen) atoms. The molecule has 0 amide bonds. The fourth-order valence-corrected chi connectivity index (χ4v) is 7.18. The SMILES string of the molecule is CC(=O)OC(Cn1c2ccccc2n2cncc12)C12CC3CC(CC(C3)C1)C2. The van der Waals surface area contributed by atoms with Crippen molar-refractivity contribution in [2.24, 2.45) is 23.2 Å². The molecule has 5 heteroatoms. The summed E-state index contributed by atoms with van der Waals surface area (Å²) in [4.78, 5) is 16.5. The summed E-state index contributed by atoms with van der Waals surface area (Å²) in [6, 6.07) is 8.44. The molecule has 7 rings (SSSR count). The number of fused-ring (bicyclic) bond motifs is 3. The molecule has 1 atom stereocenters. The fourth-order valence-electron chi connectivity index (χ4n) is 7.18. The zero-order valence-corrected chi connectivity index (χ0v) is 16.4. The Bertz CT molecular complexity index is 1030. The van der Waals surface area contributed by atoms with Gasteiger partial charge in [0, 0.05) is 12.3 Å². The van der Waals surface area contributed by atoms with Gasteiger partial charge in [-0.15, -0.1) is 0 Å². The minimum absolute atomic E-state index is 0.0621. The number of nitrogens with zero attached hydrogens (tertiary/aromatic N) is 3. The van der Waals surface area contributed by atoms with Gasteiger partial charge in [-0.2, -0.15) is 0 Å². The van der Waals surface area contributed by atoms with E-state index < -0.39 is 0 Å². The molecule has 4 aliphatic carbocycles. The minimum atomic E-state index is -0.151. The van der Waals surface area contributed by atoms with Gasteiger partial charge in [-0.05, 0) is 68.4 Å². The van der Waals surface area contributed by atoms with Gasteiger partial charge in [0.1, 0.15) is 18.1 Å². The number of hydrogen-bond acceptors (Lipinski definition) is 3. The molecule has 0 N–H and O–H groups in total. The second kappa shape index (κ2) is 5.85. The predicted octanol–water partition coefficient (Wildman–Crippen LogP) is 4.44. The van der Waals surface area contributed by atoms with Crippen LogP contribution in [-0.2, 0) is 16.1 Å². The van der Waals surface area contributed by atoms with E-state index in [-0.39, 0.29) is 17.5 Å². The van der Waals surface area contributed by atoms with E-state index in [9.17, 15) is 4.79 Å². The van der Waals surface area contributed by atoms with Crippen LogP contribution in [0.5, 0.6) is 0 Å². The third-order valence-corrected chi connectivity index (χ3v) is 7.75. The molecule has 0 radical (unpaired) electrons. The molecule has 1 unspecified atom stereocenters. The van der Waals surface area contributed by atoms with Gasteiger partial charge in [0.2, 0.25) is 0 Å². The smallest absolute Gasteiger partial charge is 0.302 e. The topological polar surface area (TPSA) is 48.5 Å². The number of aromatic nitrogens is 3. The minimum Gasteiger partial charge on any atom is -0.460 e. The van der Waals surface area contributed by atoms with E-state index in [1.807, 2.05) is 12.5 Å². The molecule has 4 bridgehead atoms. The van der Waals surface area contributed by atoms with Crippen LogP contribution >= 0.6 is 0 Å². The molecule has 2 heterocycles. The second-order valence-corrected chi connectivity index (χ2v) is 9.60. The van der Waals surface area contributed by atoms with E-state index in [1.165, 1.54) is 44.0 Å². The summed E-state index contributed by atoms with van der Waals surface area (Å²) in [5.74, 6) is 2.35. The van der Waals surface area contributed by atoms with Crippen LogP contribution in [0.2, 0.25) is 0 Å². The van der Waals surface area contributed by atoms with Crippen molar-refractivity contribution in [1.82, 2.24) is 14.0 Å². The molecule has 0 spiro atoms. The van der Waals surface area contributed by atoms with Crippen LogP contribution in [0.3, 0.4) is 0 Å². The van der Waals surface area contributed by atoms with Crippen LogP contribution in [0.15, 0.2) is 36.8 Å². The molecule has 0 aliphatic heterocycles. The third kappa shape index (κ3) is 2.38. The Morgan fingerprint density at radius 2 is 1.79 bits per heavy atom. The van der Waals surface area contributed by atoms with Gasteiger partial charge in [0.05, 0.1) is 23.8 Å². The number of rotatable bonds is 4. The maximum Gasteiger partial charge on any atom is 0.302 e. The first-order chi connectivity index (χ1) is 13.6. The lowest BCUT2D eigenvalue weighted by Gasteiger charge is -2.58. The maximum atomic E-state index is 12.1. The molecular weight excluding hydrogens is 350 g/mol. The van der Waals surface area contributed by atoms with Crippen molar-refractivity contribution in [1.29, 1.82) is 0 Å². The highest BCUT2D eigenvalue weighted by molar-refractivity contribution is 5.81. The molecule has 4 saturated carbocycles. The summed E-state index contributed by atoms with van der Waals surface area (Å²) in [5, 5.41) is 0. The average Bonchev–Trinajstić information content (AvgIpc) is 3.22. The summed E-state index contributed by atoms with van der Waals surface area (Å²) in [5.41, 5.74) is 3.56. The number of esters is 1. The molecule has 4 fully saturated rings. The molecule has 5 nitrogen and oxygen atoms in total.